The van der Waals surface area contributed by atoms with Gasteiger partial charge in [-0.3, -0.25) is 0 Å². The number of hydrogen-bond acceptors (Lipinski definition) is 3. The molecule has 1 atom stereocenters. The molecule has 0 aromatic heterocycles. The highest BCUT2D eigenvalue weighted by Gasteiger charge is 2.21. The minimum atomic E-state index is 0.655. The monoisotopic (exact) mass is 422 g/mol. The van der Waals surface area contributed by atoms with E-state index in [0.29, 0.717) is 11.0 Å². The summed E-state index contributed by atoms with van der Waals surface area (Å²) in [4.78, 5) is 2.38. The number of hydrogen-bond donors (Lipinski definition) is 1. The summed E-state index contributed by atoms with van der Waals surface area (Å²) in [5.74, 6) is 1.38. The maximum Gasteiger partial charge on any atom is 0.139 e. The molecule has 1 N–H and O–H groups in total. The Morgan fingerprint density at radius 1 is 1.03 bits per heavy atom. The highest BCUT2D eigenvalue weighted by atomic mass is 35.5. The van der Waals surface area contributed by atoms with Crippen molar-refractivity contribution in [2.75, 3.05) is 31.6 Å². The van der Waals surface area contributed by atoms with Crippen LogP contribution in [-0.2, 0) is 4.74 Å². The number of halogens is 1. The van der Waals surface area contributed by atoms with E-state index >= 15 is 0 Å². The van der Waals surface area contributed by atoms with Gasteiger partial charge >= 0.3 is 0 Å². The molecule has 1 unspecified atom stereocenters. The van der Waals surface area contributed by atoms with Crippen molar-refractivity contribution in [3.8, 4) is 0 Å². The molecule has 1 aliphatic heterocycles. The van der Waals surface area contributed by atoms with E-state index in [2.05, 4.69) is 65.7 Å². The van der Waals surface area contributed by atoms with Gasteiger partial charge in [0.05, 0.1) is 12.1 Å². The molecule has 1 aliphatic carbocycles. The van der Waals surface area contributed by atoms with Crippen LogP contribution in [0, 0.1) is 12.8 Å². The van der Waals surface area contributed by atoms with Gasteiger partial charge in [-0.2, -0.15) is 0 Å². The first kappa shape index (κ1) is 22.2. The van der Waals surface area contributed by atoms with Crippen molar-refractivity contribution in [3.63, 3.8) is 0 Å². The topological polar surface area (TPSA) is 24.5 Å². The Kier molecular flexibility index (Phi) is 8.61. The van der Waals surface area contributed by atoms with Gasteiger partial charge in [-0.15, -0.1) is 0 Å². The third kappa shape index (κ3) is 6.51. The molecule has 0 radical (unpaired) electrons. The molecule has 3 nitrogen and oxygen atoms in total. The van der Waals surface area contributed by atoms with Crippen LogP contribution in [0.5, 0.6) is 0 Å². The minimum absolute atomic E-state index is 0.655. The summed E-state index contributed by atoms with van der Waals surface area (Å²) in [6.45, 7) is 5.27. The minimum Gasteiger partial charge on any atom is -0.495 e. The molecule has 1 fully saturated rings. The Balaban J connectivity index is 0.000000310. The quantitative estimate of drug-likeness (QED) is 0.635. The first-order chi connectivity index (χ1) is 14.7. The molecule has 0 amide bonds. The number of ether oxygens (including phenoxy) is 1. The maximum absolute atomic E-state index is 6.28. The van der Waals surface area contributed by atoms with Crippen LogP contribution < -0.4 is 10.2 Å². The average molecular weight is 423 g/mol. The largest absolute Gasteiger partial charge is 0.495 e. The zero-order valence-corrected chi connectivity index (χ0v) is 18.6. The van der Waals surface area contributed by atoms with E-state index in [9.17, 15) is 0 Å². The Hall–Kier alpha value is -2.49. The summed E-state index contributed by atoms with van der Waals surface area (Å²) in [5.41, 5.74) is 3.67. The Morgan fingerprint density at radius 3 is 2.30 bits per heavy atom. The zero-order chi connectivity index (χ0) is 21.2. The predicted octanol–water partition coefficient (Wildman–Crippen LogP) is 6.04. The first-order valence-electron chi connectivity index (χ1n) is 10.5. The average Bonchev–Trinajstić information content (AvgIpc) is 3.22. The summed E-state index contributed by atoms with van der Waals surface area (Å²) >= 11 is 6.28. The van der Waals surface area contributed by atoms with Gasteiger partial charge in [-0.25, -0.2) is 0 Å². The van der Waals surface area contributed by atoms with E-state index in [1.165, 1.54) is 17.7 Å². The number of allylic oxidation sites excluding steroid dienone is 4. The lowest BCUT2D eigenvalue weighted by atomic mass is 10.1. The molecule has 4 rings (SSSR count). The highest BCUT2D eigenvalue weighted by molar-refractivity contribution is 6.31. The normalized spacial score (nSPS) is 18.2. The van der Waals surface area contributed by atoms with Gasteiger partial charge in [0.1, 0.15) is 5.76 Å². The summed E-state index contributed by atoms with van der Waals surface area (Å²) in [7, 11) is 1.67. The number of para-hydroxylation sites is 1. The standard InChI is InChI=1S/C19H23ClN2O.C7H8/c1-23-19-12-17(8-5-9-18(19)20)22(14-15-10-11-21-13-15)16-6-3-2-4-7-16;1-7-5-3-2-4-6-7/h2-4,6-9,12,15,21H,5,10-11,13-14H2,1H3;2-6H,1H3. The van der Waals surface area contributed by atoms with Gasteiger partial charge < -0.3 is 15.0 Å². The second kappa shape index (κ2) is 11.6. The van der Waals surface area contributed by atoms with E-state index < -0.39 is 0 Å². The van der Waals surface area contributed by atoms with Crippen LogP contribution in [0.3, 0.4) is 0 Å². The van der Waals surface area contributed by atoms with E-state index in [0.717, 1.165) is 37.5 Å². The van der Waals surface area contributed by atoms with Crippen molar-refractivity contribution in [2.24, 2.45) is 5.92 Å². The van der Waals surface area contributed by atoms with Gasteiger partial charge in [-0.05, 0) is 50.9 Å². The number of nitrogens with one attached hydrogen (secondary N) is 1. The van der Waals surface area contributed by atoms with Crippen molar-refractivity contribution < 1.29 is 4.74 Å². The van der Waals surface area contributed by atoms with Crippen LogP contribution in [0.15, 0.2) is 95.4 Å². The third-order valence-electron chi connectivity index (χ3n) is 5.28. The molecule has 0 saturated carbocycles. The molecule has 30 heavy (non-hydrogen) atoms. The van der Waals surface area contributed by atoms with Crippen molar-refractivity contribution in [2.45, 2.75) is 19.8 Å². The Morgan fingerprint density at radius 2 is 1.73 bits per heavy atom. The zero-order valence-electron chi connectivity index (χ0n) is 17.9. The molecule has 0 bridgehead atoms. The lowest BCUT2D eigenvalue weighted by molar-refractivity contribution is 0.304. The molecule has 158 valence electrons. The van der Waals surface area contributed by atoms with Gasteiger partial charge in [-0.1, -0.05) is 77.8 Å². The molecule has 2 aliphatic rings. The van der Waals surface area contributed by atoms with Crippen molar-refractivity contribution in [1.82, 2.24) is 5.32 Å². The number of nitrogens with zero attached hydrogens (tertiary/aromatic N) is 1. The van der Waals surface area contributed by atoms with Gasteiger partial charge in [0, 0.05) is 24.0 Å². The summed E-state index contributed by atoms with van der Waals surface area (Å²) in [6.07, 6.45) is 8.27. The van der Waals surface area contributed by atoms with E-state index in [1.807, 2.05) is 30.4 Å². The fourth-order valence-electron chi connectivity index (χ4n) is 3.62. The highest BCUT2D eigenvalue weighted by Crippen LogP contribution is 2.28. The number of benzene rings is 2. The number of anilines is 1. The molecule has 0 spiro atoms. The van der Waals surface area contributed by atoms with Gasteiger partial charge in [0.15, 0.2) is 0 Å². The lowest BCUT2D eigenvalue weighted by Crippen LogP contribution is -2.29. The second-order valence-electron chi connectivity index (χ2n) is 7.59. The van der Waals surface area contributed by atoms with E-state index in [4.69, 9.17) is 16.3 Å². The van der Waals surface area contributed by atoms with Crippen molar-refractivity contribution in [1.29, 1.82) is 0 Å². The molecular formula is C26H31ClN2O. The van der Waals surface area contributed by atoms with E-state index in [-0.39, 0.29) is 0 Å². The van der Waals surface area contributed by atoms with Gasteiger partial charge in [0.2, 0.25) is 0 Å². The third-order valence-corrected chi connectivity index (χ3v) is 5.62. The van der Waals surface area contributed by atoms with Crippen LogP contribution in [0.25, 0.3) is 0 Å². The lowest BCUT2D eigenvalue weighted by Gasteiger charge is -2.29. The first-order valence-corrected chi connectivity index (χ1v) is 10.9. The molecule has 2 aromatic carbocycles. The van der Waals surface area contributed by atoms with Crippen LogP contribution in [0.4, 0.5) is 5.69 Å². The van der Waals surface area contributed by atoms with Crippen molar-refractivity contribution >= 4 is 17.3 Å². The van der Waals surface area contributed by atoms with Gasteiger partial charge in [0.25, 0.3) is 0 Å². The van der Waals surface area contributed by atoms with Crippen molar-refractivity contribution in [3.05, 3.63) is 101 Å². The Labute approximate surface area is 185 Å². The maximum atomic E-state index is 6.28. The number of rotatable bonds is 5. The smallest absolute Gasteiger partial charge is 0.139 e. The fraction of sp³-hybridized carbons (Fsp3) is 0.308. The fourth-order valence-corrected chi connectivity index (χ4v) is 3.84. The summed E-state index contributed by atoms with van der Waals surface area (Å²) < 4.78 is 5.45. The number of aryl methyl sites for hydroxylation is 1. The molecule has 4 heteroatoms. The van der Waals surface area contributed by atoms with E-state index in [1.54, 1.807) is 7.11 Å². The summed E-state index contributed by atoms with van der Waals surface area (Å²) in [6, 6.07) is 20.8. The van der Waals surface area contributed by atoms with Crippen LogP contribution in [-0.4, -0.2) is 26.7 Å². The number of methoxy groups -OCH3 is 1. The Bertz CT molecular complexity index is 868. The predicted molar refractivity (Wildman–Crippen MR) is 128 cm³/mol. The molecular weight excluding hydrogens is 392 g/mol. The molecule has 2 aromatic rings. The van der Waals surface area contributed by atoms with Crippen LogP contribution >= 0.6 is 11.6 Å². The molecule has 1 saturated heterocycles. The second-order valence-corrected chi connectivity index (χ2v) is 8.00. The van der Waals surface area contributed by atoms with Crippen LogP contribution in [0.2, 0.25) is 0 Å². The SMILES string of the molecule is COC1=CC(N(CC2CCNC2)c2ccccc2)=CCC=C1Cl.Cc1ccccc1. The summed E-state index contributed by atoms with van der Waals surface area (Å²) in [5, 5.41) is 4.13. The molecule has 1 heterocycles. The van der Waals surface area contributed by atoms with Crippen LogP contribution in [0.1, 0.15) is 18.4 Å².